The Morgan fingerprint density at radius 3 is 2.64 bits per heavy atom. The van der Waals surface area contributed by atoms with Crippen LogP contribution in [0.15, 0.2) is 45.7 Å². The molecule has 0 aliphatic carbocycles. The van der Waals surface area contributed by atoms with Gasteiger partial charge in [-0.1, -0.05) is 43.3 Å². The number of unbranched alkanes of at least 4 members (excludes halogenated alkanes) is 1. The molecule has 146 valence electrons. The Balaban J connectivity index is 1.77. The van der Waals surface area contributed by atoms with Crippen LogP contribution in [0.2, 0.25) is 0 Å². The lowest BCUT2D eigenvalue weighted by molar-refractivity contribution is -0.115. The largest absolute Gasteiger partial charge is 0.493 e. The fourth-order valence-electron chi connectivity index (χ4n) is 2.93. The Kier molecular flexibility index (Phi) is 6.41. The van der Waals surface area contributed by atoms with Gasteiger partial charge >= 0.3 is 0 Å². The van der Waals surface area contributed by atoms with E-state index in [2.05, 4.69) is 27.1 Å². The summed E-state index contributed by atoms with van der Waals surface area (Å²) in [5.74, 6) is -0.282. The second-order valence-electron chi connectivity index (χ2n) is 6.51. The fraction of sp³-hybridized carbons (Fsp3) is 0.350. The number of azo groups is 1. The van der Waals surface area contributed by atoms with Gasteiger partial charge in [0.05, 0.1) is 11.3 Å². The first kappa shape index (κ1) is 20.0. The van der Waals surface area contributed by atoms with Crippen molar-refractivity contribution in [1.82, 2.24) is 14.5 Å². The van der Waals surface area contributed by atoms with Gasteiger partial charge in [-0.25, -0.2) is 9.97 Å². The number of fused-ring (bicyclic) bond motifs is 1. The molecule has 0 aliphatic rings. The van der Waals surface area contributed by atoms with Crippen molar-refractivity contribution < 1.29 is 9.90 Å². The lowest BCUT2D eigenvalue weighted by Crippen LogP contribution is -1.99. The van der Waals surface area contributed by atoms with Crippen LogP contribution >= 0.6 is 11.8 Å². The molecular weight excluding hydrogens is 374 g/mol. The van der Waals surface area contributed by atoms with Gasteiger partial charge in [-0.15, -0.1) is 10.2 Å². The highest BCUT2D eigenvalue weighted by atomic mass is 32.2. The molecule has 0 saturated heterocycles. The van der Waals surface area contributed by atoms with Crippen LogP contribution in [0.1, 0.15) is 31.2 Å². The summed E-state index contributed by atoms with van der Waals surface area (Å²) in [4.78, 5) is 20.8. The minimum atomic E-state index is -0.405. The van der Waals surface area contributed by atoms with Crippen LogP contribution in [0.3, 0.4) is 0 Å². The summed E-state index contributed by atoms with van der Waals surface area (Å²) in [6.45, 7) is 6.56. The fourth-order valence-corrected chi connectivity index (χ4v) is 3.66. The first-order valence-electron chi connectivity index (χ1n) is 9.19. The topological polar surface area (TPSA) is 92.7 Å². The minimum Gasteiger partial charge on any atom is -0.493 e. The number of amides is 1. The zero-order chi connectivity index (χ0) is 20.1. The van der Waals surface area contributed by atoms with Crippen molar-refractivity contribution >= 4 is 34.3 Å². The third-order valence-corrected chi connectivity index (χ3v) is 5.03. The van der Waals surface area contributed by atoms with Crippen LogP contribution in [0.25, 0.3) is 10.9 Å². The summed E-state index contributed by atoms with van der Waals surface area (Å²) in [6, 6.07) is 9.47. The average molecular weight is 398 g/mol. The van der Waals surface area contributed by atoms with Gasteiger partial charge in [0.15, 0.2) is 10.8 Å². The molecule has 7 nitrogen and oxygen atoms in total. The Hall–Kier alpha value is -2.74. The van der Waals surface area contributed by atoms with E-state index in [4.69, 9.17) is 0 Å². The maximum atomic E-state index is 12.2. The molecule has 3 aromatic rings. The lowest BCUT2D eigenvalue weighted by atomic mass is 10.2. The van der Waals surface area contributed by atoms with Crippen LogP contribution in [-0.2, 0) is 11.3 Å². The molecule has 3 rings (SSSR count). The molecule has 0 unspecified atom stereocenters. The molecular formula is C20H23N5O2S. The maximum Gasteiger partial charge on any atom is 0.275 e. The molecule has 0 bridgehead atoms. The van der Waals surface area contributed by atoms with Crippen molar-refractivity contribution in [3.8, 4) is 5.88 Å². The summed E-state index contributed by atoms with van der Waals surface area (Å²) >= 11 is 1.22. The monoisotopic (exact) mass is 397 g/mol. The number of aromatic nitrogens is 3. The van der Waals surface area contributed by atoms with Gasteiger partial charge in [-0.3, -0.25) is 4.79 Å². The van der Waals surface area contributed by atoms with Crippen LogP contribution in [0.4, 0.5) is 5.69 Å². The van der Waals surface area contributed by atoms with E-state index in [-0.39, 0.29) is 11.6 Å². The average Bonchev–Trinajstić information content (AvgIpc) is 2.93. The summed E-state index contributed by atoms with van der Waals surface area (Å²) in [7, 11) is 0. The summed E-state index contributed by atoms with van der Waals surface area (Å²) in [5, 5.41) is 19.8. The van der Waals surface area contributed by atoms with Crippen molar-refractivity contribution in [3.63, 3.8) is 0 Å². The van der Waals surface area contributed by atoms with E-state index in [0.29, 0.717) is 17.4 Å². The molecule has 0 spiro atoms. The van der Waals surface area contributed by atoms with Gasteiger partial charge in [0.25, 0.3) is 5.91 Å². The Bertz CT molecular complexity index is 1010. The van der Waals surface area contributed by atoms with Crippen LogP contribution in [-0.4, -0.2) is 31.3 Å². The van der Waals surface area contributed by atoms with Crippen LogP contribution < -0.4 is 0 Å². The highest BCUT2D eigenvalue weighted by Crippen LogP contribution is 2.39. The smallest absolute Gasteiger partial charge is 0.275 e. The molecule has 2 aromatic heterocycles. The van der Waals surface area contributed by atoms with E-state index in [1.165, 1.54) is 11.8 Å². The van der Waals surface area contributed by atoms with Crippen molar-refractivity contribution in [2.75, 3.05) is 5.75 Å². The summed E-state index contributed by atoms with van der Waals surface area (Å²) < 4.78 is 1.82. The lowest BCUT2D eigenvalue weighted by Gasteiger charge is -2.05. The van der Waals surface area contributed by atoms with Crippen molar-refractivity contribution in [2.24, 2.45) is 10.2 Å². The number of carbonyl (C=O) groups is 1. The highest BCUT2D eigenvalue weighted by Gasteiger charge is 2.16. The summed E-state index contributed by atoms with van der Waals surface area (Å²) in [5.41, 5.74) is 2.92. The van der Waals surface area contributed by atoms with E-state index in [9.17, 15) is 9.90 Å². The molecule has 28 heavy (non-hydrogen) atoms. The number of thioether (sulfide) groups is 1. The van der Waals surface area contributed by atoms with Crippen LogP contribution in [0, 0.1) is 13.8 Å². The number of hydrogen-bond acceptors (Lipinski definition) is 6. The Morgan fingerprint density at radius 2 is 1.93 bits per heavy atom. The molecule has 0 atom stereocenters. The number of para-hydroxylation sites is 1. The molecule has 8 heteroatoms. The van der Waals surface area contributed by atoms with Gasteiger partial charge in [0, 0.05) is 23.3 Å². The Labute approximate surface area is 167 Å². The van der Waals surface area contributed by atoms with Gasteiger partial charge in [0.1, 0.15) is 0 Å². The molecule has 1 N–H and O–H groups in total. The molecule has 1 aromatic carbocycles. The first-order chi connectivity index (χ1) is 13.5. The third kappa shape index (κ3) is 4.56. The second kappa shape index (κ2) is 8.97. The summed E-state index contributed by atoms with van der Waals surface area (Å²) in [6.07, 6.45) is 1.95. The van der Waals surface area contributed by atoms with Gasteiger partial charge in [-0.05, 0) is 32.4 Å². The van der Waals surface area contributed by atoms with Crippen molar-refractivity contribution in [1.29, 1.82) is 0 Å². The number of nitrogens with zero attached hydrogens (tertiary/aromatic N) is 5. The number of rotatable bonds is 7. The zero-order valence-electron chi connectivity index (χ0n) is 16.2. The molecule has 0 fully saturated rings. The van der Waals surface area contributed by atoms with Crippen molar-refractivity contribution in [2.45, 2.75) is 45.3 Å². The predicted octanol–water partition coefficient (Wildman–Crippen LogP) is 4.96. The molecule has 0 aliphatic heterocycles. The number of benzene rings is 1. The van der Waals surface area contributed by atoms with Gasteiger partial charge < -0.3 is 9.67 Å². The highest BCUT2D eigenvalue weighted by molar-refractivity contribution is 7.99. The molecule has 2 heterocycles. The maximum absolute atomic E-state index is 12.2. The Morgan fingerprint density at radius 1 is 1.21 bits per heavy atom. The van der Waals surface area contributed by atoms with E-state index in [0.717, 1.165) is 35.1 Å². The minimum absolute atomic E-state index is 0.0384. The quantitative estimate of drug-likeness (QED) is 0.346. The van der Waals surface area contributed by atoms with Gasteiger partial charge in [-0.2, -0.15) is 0 Å². The van der Waals surface area contributed by atoms with E-state index >= 15 is 0 Å². The predicted molar refractivity (Wildman–Crippen MR) is 110 cm³/mol. The van der Waals surface area contributed by atoms with Crippen molar-refractivity contribution in [3.05, 3.63) is 41.7 Å². The number of hydrogen-bond donors (Lipinski definition) is 1. The number of carbonyl (C=O) groups excluding carboxylic acids is 1. The standard InChI is InChI=1S/C20H23N5O2S/c1-4-5-10-25-16-9-7-6-8-15(16)18(19(25)27)24-23-17(26)12-28-20-21-13(2)11-14(3)22-20/h6-9,11,27H,4-5,10,12H2,1-3H3. The van der Waals surface area contributed by atoms with E-state index < -0.39 is 5.91 Å². The number of aryl methyl sites for hydroxylation is 3. The van der Waals surface area contributed by atoms with E-state index in [1.54, 1.807) is 0 Å². The zero-order valence-corrected chi connectivity index (χ0v) is 17.0. The molecule has 1 amide bonds. The second-order valence-corrected chi connectivity index (χ2v) is 7.45. The molecule has 0 saturated carbocycles. The van der Waals surface area contributed by atoms with E-state index in [1.807, 2.05) is 48.7 Å². The third-order valence-electron chi connectivity index (χ3n) is 4.20. The SMILES string of the molecule is CCCCn1c(O)c(N=NC(=O)CSc2nc(C)cc(C)n2)c2ccccc21. The number of aromatic hydroxyl groups is 1. The van der Waals surface area contributed by atoms with Crippen LogP contribution in [0.5, 0.6) is 5.88 Å². The van der Waals surface area contributed by atoms with Gasteiger partial charge in [0.2, 0.25) is 5.88 Å². The molecule has 0 radical (unpaired) electrons. The first-order valence-corrected chi connectivity index (χ1v) is 10.2. The normalized spacial score (nSPS) is 11.5.